The van der Waals surface area contributed by atoms with Crippen LogP contribution in [-0.2, 0) is 9.59 Å². The summed E-state index contributed by atoms with van der Waals surface area (Å²) in [6.45, 7) is 0. The molecule has 0 fully saturated rings. The van der Waals surface area contributed by atoms with Crippen LogP contribution in [0.15, 0.2) is 0 Å². The summed E-state index contributed by atoms with van der Waals surface area (Å²) in [5, 5.41) is 14.9. The molecular weight excluding hydrogens is 207 g/mol. The number of hydrogen-bond donors (Lipinski definition) is 2. The molecule has 0 saturated carbocycles. The van der Waals surface area contributed by atoms with Gasteiger partial charge in [-0.25, -0.2) is 0 Å². The second-order valence-corrected chi connectivity index (χ2v) is 3.35. The molecule has 0 radical (unpaired) electrons. The second kappa shape index (κ2) is 5.22. The summed E-state index contributed by atoms with van der Waals surface area (Å²) in [7, 11) is 0. The van der Waals surface area contributed by atoms with Crippen molar-refractivity contribution in [1.29, 1.82) is 0 Å². The Hall–Kier alpha value is -0.480. The molecule has 4 nitrogen and oxygen atoms in total. The molecule has 0 saturated heterocycles. The highest BCUT2D eigenvalue weighted by Gasteiger charge is 2.21. The molecule has 0 rings (SSSR count). The second-order valence-electron chi connectivity index (χ2n) is 2.23. The first-order valence-corrected chi connectivity index (χ1v) is 4.02. The third-order valence-corrected chi connectivity index (χ3v) is 2.18. The average molecular weight is 215 g/mol. The third kappa shape index (κ3) is 5.21. The van der Waals surface area contributed by atoms with Crippen LogP contribution in [0.3, 0.4) is 0 Å². The smallest absolute Gasteiger partial charge is 0.304 e. The first kappa shape index (κ1) is 11.5. The van der Waals surface area contributed by atoms with Crippen molar-refractivity contribution in [3.63, 3.8) is 0 Å². The summed E-state index contributed by atoms with van der Waals surface area (Å²) in [5.41, 5.74) is 0. The summed E-state index contributed by atoms with van der Waals surface area (Å²) >= 11 is 11.0. The van der Waals surface area contributed by atoms with Gasteiger partial charge >= 0.3 is 11.9 Å². The van der Waals surface area contributed by atoms with Crippen LogP contribution < -0.4 is 0 Å². The molecule has 2 N–H and O–H groups in total. The van der Waals surface area contributed by atoms with Crippen molar-refractivity contribution in [3.05, 3.63) is 0 Å². The van der Waals surface area contributed by atoms with Gasteiger partial charge in [-0.05, 0) is 0 Å². The van der Waals surface area contributed by atoms with E-state index in [-0.39, 0.29) is 12.8 Å². The molecule has 0 amide bonds. The number of alkyl halides is 2. The van der Waals surface area contributed by atoms with Gasteiger partial charge in [0.05, 0.1) is 23.6 Å². The van der Waals surface area contributed by atoms with Crippen molar-refractivity contribution < 1.29 is 19.8 Å². The standard InChI is InChI=1S/C6H8Cl2O4/c7-3(1-5(9)10)4(8)2-6(11)12/h3-4H,1-2H2,(H,9,10)(H,11,12)/t3-,4+. The van der Waals surface area contributed by atoms with E-state index in [0.717, 1.165) is 0 Å². The summed E-state index contributed by atoms with van der Waals surface area (Å²) in [6.07, 6.45) is -0.661. The topological polar surface area (TPSA) is 74.6 Å². The Morgan fingerprint density at radius 3 is 1.42 bits per heavy atom. The van der Waals surface area contributed by atoms with Gasteiger partial charge in [-0.1, -0.05) is 0 Å². The van der Waals surface area contributed by atoms with Crippen LogP contribution in [0.1, 0.15) is 12.8 Å². The van der Waals surface area contributed by atoms with Crippen molar-refractivity contribution >= 4 is 35.1 Å². The van der Waals surface area contributed by atoms with Crippen LogP contribution in [0.5, 0.6) is 0 Å². The fraction of sp³-hybridized carbons (Fsp3) is 0.667. The minimum atomic E-state index is -1.09. The molecule has 0 aromatic heterocycles. The molecule has 2 atom stereocenters. The quantitative estimate of drug-likeness (QED) is 0.674. The number of carboxylic acids is 2. The maximum Gasteiger partial charge on any atom is 0.304 e. The van der Waals surface area contributed by atoms with Gasteiger partial charge in [0.25, 0.3) is 0 Å². The van der Waals surface area contributed by atoms with Crippen LogP contribution in [-0.4, -0.2) is 32.9 Å². The van der Waals surface area contributed by atoms with Gasteiger partial charge in [0.2, 0.25) is 0 Å². The lowest BCUT2D eigenvalue weighted by molar-refractivity contribution is -0.139. The maximum atomic E-state index is 10.1. The Labute approximate surface area is 79.1 Å². The molecule has 0 spiro atoms. The highest BCUT2D eigenvalue weighted by Crippen LogP contribution is 2.16. The van der Waals surface area contributed by atoms with E-state index in [1.807, 2.05) is 0 Å². The fourth-order valence-corrected chi connectivity index (χ4v) is 1.03. The number of hydrogen-bond acceptors (Lipinski definition) is 2. The number of aliphatic carboxylic acids is 2. The summed E-state index contributed by atoms with van der Waals surface area (Å²) in [5.74, 6) is -2.18. The Kier molecular flexibility index (Phi) is 5.01. The Morgan fingerprint density at radius 1 is 1.00 bits per heavy atom. The van der Waals surface area contributed by atoms with E-state index >= 15 is 0 Å². The van der Waals surface area contributed by atoms with Crippen LogP contribution in [0.25, 0.3) is 0 Å². The predicted octanol–water partition coefficient (Wildman–Crippen LogP) is 1.15. The molecule has 12 heavy (non-hydrogen) atoms. The van der Waals surface area contributed by atoms with Crippen LogP contribution in [0.2, 0.25) is 0 Å². The lowest BCUT2D eigenvalue weighted by Gasteiger charge is -2.10. The Morgan fingerprint density at radius 2 is 1.25 bits per heavy atom. The number of rotatable bonds is 5. The normalized spacial score (nSPS) is 15.2. The molecule has 0 aromatic rings. The van der Waals surface area contributed by atoms with E-state index in [9.17, 15) is 9.59 Å². The zero-order chi connectivity index (χ0) is 9.72. The van der Waals surface area contributed by atoms with Crippen LogP contribution in [0, 0.1) is 0 Å². The zero-order valence-corrected chi connectivity index (χ0v) is 7.55. The fourth-order valence-electron chi connectivity index (χ4n) is 0.589. The average Bonchev–Trinajstić information content (AvgIpc) is 1.84. The van der Waals surface area contributed by atoms with Gasteiger partial charge in [0.15, 0.2) is 0 Å². The first-order chi connectivity index (χ1) is 5.43. The van der Waals surface area contributed by atoms with E-state index in [4.69, 9.17) is 33.4 Å². The zero-order valence-electron chi connectivity index (χ0n) is 6.04. The lowest BCUT2D eigenvalue weighted by atomic mass is 10.2. The molecular formula is C6H8Cl2O4. The number of halogens is 2. The Bertz CT molecular complexity index is 162. The maximum absolute atomic E-state index is 10.1. The summed E-state index contributed by atoms with van der Waals surface area (Å²) in [6, 6.07) is 0. The molecule has 0 aromatic carbocycles. The van der Waals surface area contributed by atoms with Crippen molar-refractivity contribution in [1.82, 2.24) is 0 Å². The number of carbonyl (C=O) groups is 2. The first-order valence-electron chi connectivity index (χ1n) is 3.15. The van der Waals surface area contributed by atoms with E-state index < -0.39 is 22.7 Å². The van der Waals surface area contributed by atoms with E-state index in [1.165, 1.54) is 0 Å². The van der Waals surface area contributed by atoms with Crippen LogP contribution in [0.4, 0.5) is 0 Å². The molecule has 6 heteroatoms. The molecule has 0 aliphatic heterocycles. The molecule has 0 aliphatic carbocycles. The number of carboxylic acid groups (broad SMARTS) is 2. The van der Waals surface area contributed by atoms with E-state index in [1.54, 1.807) is 0 Å². The summed E-state index contributed by atoms with van der Waals surface area (Å²) < 4.78 is 0. The third-order valence-electron chi connectivity index (χ3n) is 1.13. The van der Waals surface area contributed by atoms with Crippen molar-refractivity contribution in [3.8, 4) is 0 Å². The molecule has 0 heterocycles. The highest BCUT2D eigenvalue weighted by atomic mass is 35.5. The van der Waals surface area contributed by atoms with Gasteiger partial charge in [-0.15, -0.1) is 23.2 Å². The van der Waals surface area contributed by atoms with E-state index in [2.05, 4.69) is 0 Å². The lowest BCUT2D eigenvalue weighted by Crippen LogP contribution is -2.21. The summed E-state index contributed by atoms with van der Waals surface area (Å²) in [4.78, 5) is 20.2. The minimum Gasteiger partial charge on any atom is -0.481 e. The molecule has 0 unspecified atom stereocenters. The van der Waals surface area contributed by atoms with Gasteiger partial charge in [-0.3, -0.25) is 9.59 Å². The van der Waals surface area contributed by atoms with Gasteiger partial charge < -0.3 is 10.2 Å². The van der Waals surface area contributed by atoms with Gasteiger partial charge in [-0.2, -0.15) is 0 Å². The van der Waals surface area contributed by atoms with Crippen molar-refractivity contribution in [2.45, 2.75) is 23.6 Å². The van der Waals surface area contributed by atoms with Gasteiger partial charge in [0, 0.05) is 0 Å². The van der Waals surface area contributed by atoms with Crippen molar-refractivity contribution in [2.24, 2.45) is 0 Å². The van der Waals surface area contributed by atoms with Crippen LogP contribution >= 0.6 is 23.2 Å². The van der Waals surface area contributed by atoms with E-state index in [0.29, 0.717) is 0 Å². The minimum absolute atomic E-state index is 0.330. The van der Waals surface area contributed by atoms with Gasteiger partial charge in [0.1, 0.15) is 0 Å². The Balaban J connectivity index is 3.83. The molecule has 0 aliphatic rings. The monoisotopic (exact) mass is 214 g/mol. The highest BCUT2D eigenvalue weighted by molar-refractivity contribution is 6.31. The predicted molar refractivity (Wildman–Crippen MR) is 43.8 cm³/mol. The van der Waals surface area contributed by atoms with Crippen molar-refractivity contribution in [2.75, 3.05) is 0 Å². The molecule has 70 valence electrons. The molecule has 0 bridgehead atoms. The largest absolute Gasteiger partial charge is 0.481 e. The SMILES string of the molecule is O=C(O)C[C@@H](Cl)[C@@H](Cl)CC(=O)O.